The van der Waals surface area contributed by atoms with Crippen LogP contribution in [0.15, 0.2) is 0 Å². The van der Waals surface area contributed by atoms with Gasteiger partial charge in [0.05, 0.1) is 13.2 Å². The molecule has 3 nitrogen and oxygen atoms in total. The van der Waals surface area contributed by atoms with Crippen LogP contribution in [0.5, 0.6) is 0 Å². The van der Waals surface area contributed by atoms with E-state index >= 15 is 0 Å². The first-order chi connectivity index (χ1) is 6.37. The lowest BCUT2D eigenvalue weighted by Crippen LogP contribution is -2.59. The second-order valence-corrected chi connectivity index (χ2v) is 5.31. The van der Waals surface area contributed by atoms with E-state index in [1.807, 2.05) is 0 Å². The summed E-state index contributed by atoms with van der Waals surface area (Å²) < 4.78 is 5.54. The maximum Gasteiger partial charge on any atom is 0.0648 e. The fourth-order valence-corrected chi connectivity index (χ4v) is 1.92. The molecule has 92 valence electrons. The number of rotatable bonds is 3. The van der Waals surface area contributed by atoms with Crippen molar-refractivity contribution in [3.8, 4) is 0 Å². The average Bonchev–Trinajstić information content (AvgIpc) is 2.07. The van der Waals surface area contributed by atoms with Gasteiger partial charge in [0.2, 0.25) is 0 Å². The molecule has 0 spiro atoms. The highest BCUT2D eigenvalue weighted by Crippen LogP contribution is 2.24. The van der Waals surface area contributed by atoms with E-state index in [4.69, 9.17) is 10.5 Å². The monoisotopic (exact) mass is 236 g/mol. The first-order valence-electron chi connectivity index (χ1n) is 5.49. The molecule has 1 unspecified atom stereocenters. The van der Waals surface area contributed by atoms with E-state index in [1.54, 1.807) is 0 Å². The lowest BCUT2D eigenvalue weighted by atomic mass is 9.93. The van der Waals surface area contributed by atoms with Gasteiger partial charge < -0.3 is 10.5 Å². The predicted molar refractivity (Wildman–Crippen MR) is 66.6 cm³/mol. The Hall–Kier alpha value is 0.170. The molecule has 0 radical (unpaired) electrons. The van der Waals surface area contributed by atoms with Crippen molar-refractivity contribution < 1.29 is 4.74 Å². The molecular formula is C11H25ClN2O. The maximum atomic E-state index is 6.06. The van der Waals surface area contributed by atoms with Gasteiger partial charge in [0.1, 0.15) is 0 Å². The zero-order valence-corrected chi connectivity index (χ0v) is 11.2. The third kappa shape index (κ3) is 4.27. The zero-order valence-electron chi connectivity index (χ0n) is 10.4. The van der Waals surface area contributed by atoms with Crippen molar-refractivity contribution in [3.63, 3.8) is 0 Å². The minimum absolute atomic E-state index is 0. The van der Waals surface area contributed by atoms with Gasteiger partial charge in [0.15, 0.2) is 0 Å². The number of morpholine rings is 1. The molecule has 0 bridgehead atoms. The van der Waals surface area contributed by atoms with Crippen molar-refractivity contribution in [2.24, 2.45) is 5.73 Å². The van der Waals surface area contributed by atoms with Crippen LogP contribution in [-0.2, 0) is 4.74 Å². The Bertz CT molecular complexity index is 194. The molecule has 4 heteroatoms. The van der Waals surface area contributed by atoms with Crippen LogP contribution in [0.3, 0.4) is 0 Å². The first kappa shape index (κ1) is 15.2. The number of halogens is 1. The normalized spacial score (nSPS) is 28.6. The van der Waals surface area contributed by atoms with E-state index in [-0.39, 0.29) is 23.5 Å². The molecule has 1 fully saturated rings. The smallest absolute Gasteiger partial charge is 0.0648 e. The Morgan fingerprint density at radius 2 is 2.07 bits per heavy atom. The van der Waals surface area contributed by atoms with Crippen molar-refractivity contribution in [3.05, 3.63) is 0 Å². The van der Waals surface area contributed by atoms with Gasteiger partial charge in [-0.2, -0.15) is 0 Å². The van der Waals surface area contributed by atoms with Crippen LogP contribution in [0, 0.1) is 0 Å². The summed E-state index contributed by atoms with van der Waals surface area (Å²) in [5.41, 5.74) is 6.12. The number of hydrogen-bond acceptors (Lipinski definition) is 3. The Labute approximate surface area is 99.7 Å². The number of nitrogens with zero attached hydrogens (tertiary/aromatic N) is 1. The lowest BCUT2D eigenvalue weighted by molar-refractivity contribution is -0.0680. The van der Waals surface area contributed by atoms with Gasteiger partial charge in [-0.1, -0.05) is 6.92 Å². The Kier molecular flexibility index (Phi) is 5.55. The minimum Gasteiger partial charge on any atom is -0.378 e. The van der Waals surface area contributed by atoms with Crippen LogP contribution in [0.1, 0.15) is 34.1 Å². The molecule has 0 amide bonds. The van der Waals surface area contributed by atoms with E-state index in [1.165, 1.54) is 0 Å². The SMILES string of the molecule is CCC1(C)COCCN1CC(C)(C)N.Cl. The molecule has 1 aliphatic rings. The van der Waals surface area contributed by atoms with E-state index < -0.39 is 0 Å². The van der Waals surface area contributed by atoms with E-state index in [2.05, 4.69) is 32.6 Å². The highest BCUT2D eigenvalue weighted by atomic mass is 35.5. The fourth-order valence-electron chi connectivity index (χ4n) is 1.92. The second-order valence-electron chi connectivity index (χ2n) is 5.31. The summed E-state index contributed by atoms with van der Waals surface area (Å²) in [7, 11) is 0. The third-order valence-corrected chi connectivity index (χ3v) is 3.04. The largest absolute Gasteiger partial charge is 0.378 e. The van der Waals surface area contributed by atoms with Crippen LogP contribution in [-0.4, -0.2) is 42.3 Å². The highest BCUT2D eigenvalue weighted by molar-refractivity contribution is 5.85. The predicted octanol–water partition coefficient (Wildman–Crippen LogP) is 1.65. The van der Waals surface area contributed by atoms with Crippen LogP contribution in [0.2, 0.25) is 0 Å². The van der Waals surface area contributed by atoms with E-state index in [0.29, 0.717) is 0 Å². The summed E-state index contributed by atoms with van der Waals surface area (Å²) in [6.45, 7) is 12.3. The van der Waals surface area contributed by atoms with Gasteiger partial charge in [-0.15, -0.1) is 12.4 Å². The molecule has 2 N–H and O–H groups in total. The summed E-state index contributed by atoms with van der Waals surface area (Å²) in [5.74, 6) is 0. The summed E-state index contributed by atoms with van der Waals surface area (Å²) in [6.07, 6.45) is 1.11. The summed E-state index contributed by atoms with van der Waals surface area (Å²) in [4.78, 5) is 2.47. The summed E-state index contributed by atoms with van der Waals surface area (Å²) in [5, 5.41) is 0. The van der Waals surface area contributed by atoms with Gasteiger partial charge in [0.25, 0.3) is 0 Å². The molecule has 0 aromatic heterocycles. The summed E-state index contributed by atoms with van der Waals surface area (Å²) >= 11 is 0. The van der Waals surface area contributed by atoms with Gasteiger partial charge in [0, 0.05) is 24.2 Å². The molecule has 1 atom stereocenters. The van der Waals surface area contributed by atoms with E-state index in [0.717, 1.165) is 32.7 Å². The molecule has 15 heavy (non-hydrogen) atoms. The maximum absolute atomic E-state index is 6.06. The second kappa shape index (κ2) is 5.48. The molecular weight excluding hydrogens is 212 g/mol. The van der Waals surface area contributed by atoms with Crippen LogP contribution >= 0.6 is 12.4 Å². The van der Waals surface area contributed by atoms with Crippen molar-refractivity contribution in [1.29, 1.82) is 0 Å². The Morgan fingerprint density at radius 1 is 1.47 bits per heavy atom. The average molecular weight is 237 g/mol. The van der Waals surface area contributed by atoms with Crippen molar-refractivity contribution in [2.75, 3.05) is 26.3 Å². The van der Waals surface area contributed by atoms with Crippen LogP contribution in [0.4, 0.5) is 0 Å². The molecule has 0 saturated carbocycles. The molecule has 1 rings (SSSR count). The quantitative estimate of drug-likeness (QED) is 0.810. The molecule has 1 saturated heterocycles. The van der Waals surface area contributed by atoms with Crippen molar-refractivity contribution in [2.45, 2.75) is 45.2 Å². The third-order valence-electron chi connectivity index (χ3n) is 3.04. The van der Waals surface area contributed by atoms with Crippen molar-refractivity contribution >= 4 is 12.4 Å². The van der Waals surface area contributed by atoms with Crippen molar-refractivity contribution in [1.82, 2.24) is 4.90 Å². The standard InChI is InChI=1S/C11H24N2O.ClH/c1-5-11(4)9-14-7-6-13(11)8-10(2,3)12;/h5-9,12H2,1-4H3;1H. The Morgan fingerprint density at radius 3 is 2.53 bits per heavy atom. The van der Waals surface area contributed by atoms with Gasteiger partial charge >= 0.3 is 0 Å². The fraction of sp³-hybridized carbons (Fsp3) is 1.00. The van der Waals surface area contributed by atoms with E-state index in [9.17, 15) is 0 Å². The molecule has 1 aliphatic heterocycles. The number of nitrogens with two attached hydrogens (primary N) is 1. The zero-order chi connectivity index (χ0) is 10.8. The topological polar surface area (TPSA) is 38.5 Å². The molecule has 0 aromatic carbocycles. The molecule has 1 heterocycles. The minimum atomic E-state index is -0.117. The molecule has 0 aromatic rings. The lowest BCUT2D eigenvalue weighted by Gasteiger charge is -2.46. The first-order valence-corrected chi connectivity index (χ1v) is 5.49. The highest BCUT2D eigenvalue weighted by Gasteiger charge is 2.35. The molecule has 0 aliphatic carbocycles. The van der Waals surface area contributed by atoms with Crippen LogP contribution in [0.25, 0.3) is 0 Å². The van der Waals surface area contributed by atoms with Gasteiger partial charge in [-0.05, 0) is 27.2 Å². The van der Waals surface area contributed by atoms with Gasteiger partial charge in [-0.25, -0.2) is 0 Å². The number of ether oxygens (including phenoxy) is 1. The summed E-state index contributed by atoms with van der Waals surface area (Å²) in [6, 6.07) is 0. The van der Waals surface area contributed by atoms with Crippen LogP contribution < -0.4 is 5.73 Å². The Balaban J connectivity index is 0.00000196. The number of hydrogen-bond donors (Lipinski definition) is 1. The van der Waals surface area contributed by atoms with Gasteiger partial charge in [-0.3, -0.25) is 4.90 Å².